The van der Waals surface area contributed by atoms with Crippen LogP contribution in [-0.4, -0.2) is 5.75 Å². The van der Waals surface area contributed by atoms with E-state index in [-0.39, 0.29) is 11.3 Å². The summed E-state index contributed by atoms with van der Waals surface area (Å²) in [4.78, 5) is 0. The van der Waals surface area contributed by atoms with Crippen molar-refractivity contribution in [2.45, 2.75) is 0 Å². The molecule has 0 heterocycles. The molecule has 0 atom stereocenters. The maximum atomic E-state index is 13.0. The fraction of sp³-hybridized carbons (Fsp3) is 0.111. The first-order valence-electron chi connectivity index (χ1n) is 3.49. The SMILES string of the molecule is Nc1cc(F)cc(F)c1C#CCS. The summed E-state index contributed by atoms with van der Waals surface area (Å²) in [5, 5.41) is 0. The van der Waals surface area contributed by atoms with Gasteiger partial charge in [0.2, 0.25) is 0 Å². The predicted molar refractivity (Wildman–Crippen MR) is 51.5 cm³/mol. The van der Waals surface area contributed by atoms with Crippen LogP contribution in [0.25, 0.3) is 0 Å². The van der Waals surface area contributed by atoms with Gasteiger partial charge in [-0.3, -0.25) is 0 Å². The van der Waals surface area contributed by atoms with Crippen LogP contribution < -0.4 is 5.73 Å². The Morgan fingerprint density at radius 1 is 1.38 bits per heavy atom. The zero-order valence-electron chi connectivity index (χ0n) is 6.64. The van der Waals surface area contributed by atoms with E-state index >= 15 is 0 Å². The van der Waals surface area contributed by atoms with Gasteiger partial charge in [0, 0.05) is 6.07 Å². The van der Waals surface area contributed by atoms with Crippen molar-refractivity contribution in [1.29, 1.82) is 0 Å². The maximum absolute atomic E-state index is 13.0. The molecule has 1 rings (SSSR count). The van der Waals surface area contributed by atoms with Crippen molar-refractivity contribution in [2.75, 3.05) is 11.5 Å². The van der Waals surface area contributed by atoms with Crippen LogP contribution >= 0.6 is 12.6 Å². The molecule has 0 amide bonds. The highest BCUT2D eigenvalue weighted by Gasteiger charge is 2.05. The van der Waals surface area contributed by atoms with Crippen LogP contribution in [0.2, 0.25) is 0 Å². The van der Waals surface area contributed by atoms with Gasteiger partial charge in [0.15, 0.2) is 0 Å². The standard InChI is InChI=1S/C9H7F2NS/c10-6-4-8(11)7(2-1-3-13)9(12)5-6/h4-5,13H,3,12H2. The van der Waals surface area contributed by atoms with Crippen LogP contribution in [0.5, 0.6) is 0 Å². The number of halogens is 2. The summed E-state index contributed by atoms with van der Waals surface area (Å²) in [5.74, 6) is 3.86. The highest BCUT2D eigenvalue weighted by atomic mass is 32.1. The molecule has 4 heteroatoms. The molecule has 0 fully saturated rings. The molecule has 2 N–H and O–H groups in total. The molecule has 0 bridgehead atoms. The van der Waals surface area contributed by atoms with Crippen molar-refractivity contribution >= 4 is 18.3 Å². The summed E-state index contributed by atoms with van der Waals surface area (Å²) < 4.78 is 25.5. The van der Waals surface area contributed by atoms with Crippen LogP contribution in [-0.2, 0) is 0 Å². The number of nitrogen functional groups attached to an aromatic ring is 1. The van der Waals surface area contributed by atoms with Gasteiger partial charge in [-0.25, -0.2) is 8.78 Å². The topological polar surface area (TPSA) is 26.0 Å². The van der Waals surface area contributed by atoms with Crippen LogP contribution in [0.3, 0.4) is 0 Å². The first-order valence-corrected chi connectivity index (χ1v) is 4.12. The van der Waals surface area contributed by atoms with E-state index in [9.17, 15) is 8.78 Å². The maximum Gasteiger partial charge on any atom is 0.143 e. The smallest absolute Gasteiger partial charge is 0.143 e. The molecule has 0 unspecified atom stereocenters. The second-order valence-corrected chi connectivity index (χ2v) is 2.63. The first kappa shape index (κ1) is 9.87. The molecular formula is C9H7F2NS. The molecule has 0 aromatic heterocycles. The normalized spacial score (nSPS) is 9.15. The highest BCUT2D eigenvalue weighted by Crippen LogP contribution is 2.16. The van der Waals surface area contributed by atoms with Crippen molar-refractivity contribution in [3.05, 3.63) is 29.3 Å². The van der Waals surface area contributed by atoms with Crippen LogP contribution in [0.15, 0.2) is 12.1 Å². The minimum absolute atomic E-state index is 0.00628. The second-order valence-electron chi connectivity index (χ2n) is 2.31. The summed E-state index contributed by atoms with van der Waals surface area (Å²) >= 11 is 3.83. The average molecular weight is 199 g/mol. The monoisotopic (exact) mass is 199 g/mol. The highest BCUT2D eigenvalue weighted by molar-refractivity contribution is 7.80. The van der Waals surface area contributed by atoms with Crippen molar-refractivity contribution in [2.24, 2.45) is 0 Å². The number of anilines is 1. The summed E-state index contributed by atoms with van der Waals surface area (Å²) in [7, 11) is 0. The molecule has 0 aliphatic rings. The molecule has 1 aromatic carbocycles. The number of nitrogens with two attached hydrogens (primary N) is 1. The van der Waals surface area contributed by atoms with Gasteiger partial charge in [0.05, 0.1) is 17.0 Å². The second kappa shape index (κ2) is 4.15. The van der Waals surface area contributed by atoms with Gasteiger partial charge in [0.25, 0.3) is 0 Å². The Hall–Kier alpha value is -1.21. The lowest BCUT2D eigenvalue weighted by Crippen LogP contribution is -1.95. The Morgan fingerprint density at radius 2 is 2.08 bits per heavy atom. The van der Waals surface area contributed by atoms with Crippen LogP contribution in [0.4, 0.5) is 14.5 Å². The predicted octanol–water partition coefficient (Wildman–Crippen LogP) is 1.83. The molecule has 0 spiro atoms. The largest absolute Gasteiger partial charge is 0.398 e. The number of benzene rings is 1. The third-order valence-corrected chi connectivity index (χ3v) is 1.54. The fourth-order valence-electron chi connectivity index (χ4n) is 0.853. The van der Waals surface area contributed by atoms with Gasteiger partial charge in [-0.1, -0.05) is 11.8 Å². The van der Waals surface area contributed by atoms with E-state index in [1.54, 1.807) is 0 Å². The number of hydrogen-bond acceptors (Lipinski definition) is 2. The number of hydrogen-bond donors (Lipinski definition) is 2. The van der Waals surface area contributed by atoms with E-state index < -0.39 is 11.6 Å². The van der Waals surface area contributed by atoms with E-state index in [1.807, 2.05) is 0 Å². The van der Waals surface area contributed by atoms with Crippen LogP contribution in [0, 0.1) is 23.5 Å². The molecule has 1 aromatic rings. The lowest BCUT2D eigenvalue weighted by molar-refractivity contribution is 0.582. The van der Waals surface area contributed by atoms with Gasteiger partial charge >= 0.3 is 0 Å². The van der Waals surface area contributed by atoms with Gasteiger partial charge in [-0.2, -0.15) is 12.6 Å². The number of rotatable bonds is 0. The van der Waals surface area contributed by atoms with Gasteiger partial charge in [-0.05, 0) is 6.07 Å². The van der Waals surface area contributed by atoms with Crippen molar-refractivity contribution in [3.63, 3.8) is 0 Å². The third kappa shape index (κ3) is 2.36. The average Bonchev–Trinajstić information content (AvgIpc) is 2.02. The van der Waals surface area contributed by atoms with Crippen LogP contribution in [0.1, 0.15) is 5.56 Å². The first-order chi connectivity index (χ1) is 6.15. The van der Waals surface area contributed by atoms with Crippen molar-refractivity contribution in [1.82, 2.24) is 0 Å². The summed E-state index contributed by atoms with van der Waals surface area (Å²) in [5.41, 5.74) is 5.39. The van der Waals surface area contributed by atoms with E-state index in [2.05, 4.69) is 24.5 Å². The van der Waals surface area contributed by atoms with Crippen molar-refractivity contribution in [3.8, 4) is 11.8 Å². The molecular weight excluding hydrogens is 192 g/mol. The van der Waals surface area contributed by atoms with E-state index in [0.717, 1.165) is 12.1 Å². The molecule has 1 nitrogen and oxygen atoms in total. The van der Waals surface area contributed by atoms with Gasteiger partial charge in [-0.15, -0.1) is 0 Å². The summed E-state index contributed by atoms with van der Waals surface area (Å²) in [6.07, 6.45) is 0. The Kier molecular flexibility index (Phi) is 3.15. The van der Waals surface area contributed by atoms with Crippen molar-refractivity contribution < 1.29 is 8.78 Å². The Labute approximate surface area is 80.4 Å². The molecule has 0 radical (unpaired) electrons. The zero-order chi connectivity index (χ0) is 9.84. The number of thiol groups is 1. The minimum atomic E-state index is -0.744. The molecule has 68 valence electrons. The van der Waals surface area contributed by atoms with Gasteiger partial charge in [0.1, 0.15) is 11.6 Å². The lowest BCUT2D eigenvalue weighted by Gasteiger charge is -1.99. The third-order valence-electron chi connectivity index (χ3n) is 1.38. The van der Waals surface area contributed by atoms with Gasteiger partial charge < -0.3 is 5.73 Å². The van der Waals surface area contributed by atoms with E-state index in [0.29, 0.717) is 5.75 Å². The molecule has 0 saturated heterocycles. The quantitative estimate of drug-likeness (QED) is 0.372. The lowest BCUT2D eigenvalue weighted by atomic mass is 10.1. The molecule has 0 aliphatic heterocycles. The molecule has 13 heavy (non-hydrogen) atoms. The Morgan fingerprint density at radius 3 is 2.62 bits per heavy atom. The molecule has 0 aliphatic carbocycles. The fourth-order valence-corrected chi connectivity index (χ4v) is 0.932. The van der Waals surface area contributed by atoms with E-state index in [4.69, 9.17) is 5.73 Å². The Bertz CT molecular complexity index is 356. The van der Waals surface area contributed by atoms with E-state index in [1.165, 1.54) is 0 Å². The summed E-state index contributed by atoms with van der Waals surface area (Å²) in [6.45, 7) is 0. The summed E-state index contributed by atoms with van der Waals surface area (Å²) in [6, 6.07) is 1.78. The Balaban J connectivity index is 3.21. The zero-order valence-corrected chi connectivity index (χ0v) is 7.54. The molecule has 0 saturated carbocycles. The minimum Gasteiger partial charge on any atom is -0.398 e.